The monoisotopic (exact) mass is 273 g/mol. The Morgan fingerprint density at radius 3 is 2.88 bits per heavy atom. The minimum absolute atomic E-state index is 0.0607. The smallest absolute Gasteiger partial charge is 0.243 e. The van der Waals surface area contributed by atoms with Gasteiger partial charge in [0.25, 0.3) is 0 Å². The summed E-state index contributed by atoms with van der Waals surface area (Å²) in [6, 6.07) is 4.45. The van der Waals surface area contributed by atoms with Crippen molar-refractivity contribution in [2.24, 2.45) is 0 Å². The largest absolute Gasteiger partial charge is 0.260 e. The zero-order valence-electron chi connectivity index (χ0n) is 9.08. The molecular weight excluding hydrogens is 262 g/mol. The summed E-state index contributed by atoms with van der Waals surface area (Å²) >= 11 is 0. The van der Waals surface area contributed by atoms with E-state index >= 15 is 0 Å². The molecular formula is C9H11N3O3S2. The first-order chi connectivity index (χ1) is 7.97. The minimum Gasteiger partial charge on any atom is -0.260 e. The highest BCUT2D eigenvalue weighted by molar-refractivity contribution is 7.89. The standard InChI is InChI=1S/C9H11N3O3S2/c1-16(13)6-5-12-17(14,15)9-3-2-4-11-8(9)7-10/h2-4,12H,5-6H2,1H3. The molecule has 0 amide bonds. The molecule has 1 unspecified atom stereocenters. The molecule has 1 heterocycles. The maximum atomic E-state index is 11.8. The zero-order valence-corrected chi connectivity index (χ0v) is 10.7. The lowest BCUT2D eigenvalue weighted by atomic mass is 10.4. The summed E-state index contributed by atoms with van der Waals surface area (Å²) in [4.78, 5) is 3.50. The number of sulfonamides is 1. The number of nitrogens with zero attached hydrogens (tertiary/aromatic N) is 2. The van der Waals surface area contributed by atoms with Crippen LogP contribution in [0, 0.1) is 11.3 Å². The normalized spacial score (nSPS) is 12.9. The molecule has 1 aromatic rings. The molecule has 6 nitrogen and oxygen atoms in total. The first kappa shape index (κ1) is 13.8. The Labute approximate surface area is 102 Å². The fourth-order valence-electron chi connectivity index (χ4n) is 1.09. The summed E-state index contributed by atoms with van der Waals surface area (Å²) in [6.45, 7) is 0.0607. The summed E-state index contributed by atoms with van der Waals surface area (Å²) in [5.74, 6) is 0.224. The fraction of sp³-hybridized carbons (Fsp3) is 0.333. The van der Waals surface area contributed by atoms with Crippen molar-refractivity contribution in [3.8, 4) is 6.07 Å². The van der Waals surface area contributed by atoms with Gasteiger partial charge in [-0.25, -0.2) is 18.1 Å². The first-order valence-electron chi connectivity index (χ1n) is 4.62. The van der Waals surface area contributed by atoms with Gasteiger partial charge in [-0.3, -0.25) is 4.21 Å². The maximum Gasteiger partial charge on any atom is 0.243 e. The van der Waals surface area contributed by atoms with Crippen molar-refractivity contribution in [2.75, 3.05) is 18.6 Å². The molecule has 0 fully saturated rings. The SMILES string of the molecule is CS(=O)CCNS(=O)(=O)c1cccnc1C#N. The molecule has 1 aromatic heterocycles. The Bertz CT molecular complexity index is 563. The van der Waals surface area contributed by atoms with Crippen molar-refractivity contribution in [2.45, 2.75) is 4.90 Å². The molecule has 1 N–H and O–H groups in total. The Balaban J connectivity index is 2.91. The molecule has 0 spiro atoms. The van der Waals surface area contributed by atoms with Gasteiger partial charge in [-0.2, -0.15) is 5.26 Å². The number of nitriles is 1. The van der Waals surface area contributed by atoms with Crippen LogP contribution in [0.25, 0.3) is 0 Å². The number of hydrogen-bond acceptors (Lipinski definition) is 5. The summed E-state index contributed by atoms with van der Waals surface area (Å²) in [7, 11) is -4.84. The fourth-order valence-corrected chi connectivity index (χ4v) is 2.74. The number of rotatable bonds is 5. The van der Waals surface area contributed by atoms with Crippen LogP contribution in [0.5, 0.6) is 0 Å². The van der Waals surface area contributed by atoms with Crippen molar-refractivity contribution in [3.05, 3.63) is 24.0 Å². The van der Waals surface area contributed by atoms with Gasteiger partial charge in [0.05, 0.1) is 0 Å². The second-order valence-electron chi connectivity index (χ2n) is 3.14. The average Bonchev–Trinajstić information content (AvgIpc) is 2.28. The van der Waals surface area contributed by atoms with Gasteiger partial charge in [0.15, 0.2) is 5.69 Å². The van der Waals surface area contributed by atoms with E-state index in [9.17, 15) is 12.6 Å². The third-order valence-electron chi connectivity index (χ3n) is 1.85. The first-order valence-corrected chi connectivity index (χ1v) is 7.83. The van der Waals surface area contributed by atoms with E-state index in [-0.39, 0.29) is 22.9 Å². The highest BCUT2D eigenvalue weighted by Gasteiger charge is 2.18. The summed E-state index contributed by atoms with van der Waals surface area (Å²) in [6.07, 6.45) is 2.83. The van der Waals surface area contributed by atoms with Gasteiger partial charge in [-0.15, -0.1) is 0 Å². The number of pyridine rings is 1. The molecule has 0 bridgehead atoms. The predicted octanol–water partition coefficient (Wildman–Crippen LogP) is -0.390. The molecule has 17 heavy (non-hydrogen) atoms. The van der Waals surface area contributed by atoms with Crippen molar-refractivity contribution in [3.63, 3.8) is 0 Å². The van der Waals surface area contributed by atoms with E-state index in [4.69, 9.17) is 5.26 Å². The topological polar surface area (TPSA) is 99.9 Å². The van der Waals surface area contributed by atoms with E-state index in [2.05, 4.69) is 9.71 Å². The molecule has 1 atom stereocenters. The molecule has 92 valence electrons. The van der Waals surface area contributed by atoms with E-state index < -0.39 is 20.8 Å². The van der Waals surface area contributed by atoms with Gasteiger partial charge >= 0.3 is 0 Å². The second-order valence-corrected chi connectivity index (χ2v) is 6.43. The van der Waals surface area contributed by atoms with Crippen LogP contribution in [0.15, 0.2) is 23.2 Å². The van der Waals surface area contributed by atoms with Gasteiger partial charge in [0, 0.05) is 35.5 Å². The lowest BCUT2D eigenvalue weighted by Gasteiger charge is -2.06. The van der Waals surface area contributed by atoms with E-state index in [1.807, 2.05) is 0 Å². The van der Waals surface area contributed by atoms with Crippen LogP contribution in [0.3, 0.4) is 0 Å². The minimum atomic E-state index is -3.77. The Morgan fingerprint density at radius 2 is 2.29 bits per heavy atom. The summed E-state index contributed by atoms with van der Waals surface area (Å²) < 4.78 is 36.7. The van der Waals surface area contributed by atoms with Crippen molar-refractivity contribution < 1.29 is 12.6 Å². The van der Waals surface area contributed by atoms with Crippen LogP contribution >= 0.6 is 0 Å². The van der Waals surface area contributed by atoms with Crippen LogP contribution in [-0.4, -0.2) is 36.2 Å². The molecule has 0 aliphatic rings. The lowest BCUT2D eigenvalue weighted by Crippen LogP contribution is -2.28. The number of hydrogen-bond donors (Lipinski definition) is 1. The lowest BCUT2D eigenvalue weighted by molar-refractivity contribution is 0.583. The van der Waals surface area contributed by atoms with Crippen molar-refractivity contribution in [1.29, 1.82) is 5.26 Å². The summed E-state index contributed by atoms with van der Waals surface area (Å²) in [5.41, 5.74) is -0.155. The van der Waals surface area contributed by atoms with Crippen LogP contribution in [-0.2, 0) is 20.8 Å². The maximum absolute atomic E-state index is 11.8. The van der Waals surface area contributed by atoms with Gasteiger partial charge in [0.2, 0.25) is 10.0 Å². The van der Waals surface area contributed by atoms with Crippen molar-refractivity contribution in [1.82, 2.24) is 9.71 Å². The molecule has 1 rings (SSSR count). The highest BCUT2D eigenvalue weighted by Crippen LogP contribution is 2.11. The van der Waals surface area contributed by atoms with Gasteiger partial charge < -0.3 is 0 Å². The molecule has 0 saturated heterocycles. The third-order valence-corrected chi connectivity index (χ3v) is 4.12. The van der Waals surface area contributed by atoms with E-state index in [0.717, 1.165) is 0 Å². The number of aromatic nitrogens is 1. The zero-order chi connectivity index (χ0) is 12.9. The highest BCUT2D eigenvalue weighted by atomic mass is 32.2. The molecule has 0 saturated carbocycles. The third kappa shape index (κ3) is 3.89. The molecule has 0 aliphatic carbocycles. The van der Waals surface area contributed by atoms with E-state index in [1.165, 1.54) is 24.6 Å². The predicted molar refractivity (Wildman–Crippen MR) is 63.1 cm³/mol. The second kappa shape index (κ2) is 5.86. The van der Waals surface area contributed by atoms with Crippen LogP contribution in [0.2, 0.25) is 0 Å². The quantitative estimate of drug-likeness (QED) is 0.787. The molecule has 0 radical (unpaired) electrons. The molecule has 0 aliphatic heterocycles. The molecule has 0 aromatic carbocycles. The van der Waals surface area contributed by atoms with Gasteiger partial charge in [-0.05, 0) is 12.1 Å². The van der Waals surface area contributed by atoms with Crippen LogP contribution in [0.4, 0.5) is 0 Å². The van der Waals surface area contributed by atoms with Crippen molar-refractivity contribution >= 4 is 20.8 Å². The van der Waals surface area contributed by atoms with Gasteiger partial charge in [-0.1, -0.05) is 0 Å². The Hall–Kier alpha value is -1.30. The molecule has 8 heteroatoms. The average molecular weight is 273 g/mol. The van der Waals surface area contributed by atoms with Crippen LogP contribution < -0.4 is 4.72 Å². The van der Waals surface area contributed by atoms with Crippen LogP contribution in [0.1, 0.15) is 5.69 Å². The number of nitrogens with one attached hydrogen (secondary N) is 1. The Morgan fingerprint density at radius 1 is 1.59 bits per heavy atom. The summed E-state index contributed by atoms with van der Waals surface area (Å²) in [5, 5.41) is 8.74. The Kier molecular flexibility index (Phi) is 4.74. The van der Waals surface area contributed by atoms with E-state index in [1.54, 1.807) is 6.07 Å². The van der Waals surface area contributed by atoms with Gasteiger partial charge in [0.1, 0.15) is 11.0 Å². The van der Waals surface area contributed by atoms with E-state index in [0.29, 0.717) is 0 Å².